The molecule has 2 N–H and O–H groups in total. The van der Waals surface area contributed by atoms with Gasteiger partial charge in [-0.3, -0.25) is 4.79 Å². The van der Waals surface area contributed by atoms with E-state index >= 15 is 0 Å². The molecule has 1 amide bonds. The minimum absolute atomic E-state index is 0. The lowest BCUT2D eigenvalue weighted by atomic mass is 9.85. The van der Waals surface area contributed by atoms with Crippen molar-refractivity contribution in [2.75, 3.05) is 13.1 Å². The minimum Gasteiger partial charge on any atom is -0.357 e. The monoisotopic (exact) mass is 552 g/mol. The van der Waals surface area contributed by atoms with Crippen LogP contribution in [-0.4, -0.2) is 42.1 Å². The van der Waals surface area contributed by atoms with Crippen LogP contribution < -0.4 is 10.6 Å². The number of likely N-dealkylation sites (tertiary alicyclic amines) is 1. The van der Waals surface area contributed by atoms with E-state index in [2.05, 4.69) is 15.6 Å². The van der Waals surface area contributed by atoms with Gasteiger partial charge in [0.25, 0.3) is 0 Å². The number of hydrogen-bond donors (Lipinski definition) is 2. The Labute approximate surface area is 199 Å². The van der Waals surface area contributed by atoms with Gasteiger partial charge in [-0.2, -0.15) is 13.2 Å². The van der Waals surface area contributed by atoms with E-state index in [-0.39, 0.29) is 48.8 Å². The van der Waals surface area contributed by atoms with Crippen molar-refractivity contribution in [2.45, 2.75) is 70.8 Å². The van der Waals surface area contributed by atoms with Gasteiger partial charge in [0.1, 0.15) is 0 Å². The van der Waals surface area contributed by atoms with E-state index in [0.29, 0.717) is 38.4 Å². The van der Waals surface area contributed by atoms with Crippen LogP contribution in [0, 0.1) is 5.92 Å². The van der Waals surface area contributed by atoms with Gasteiger partial charge in [0, 0.05) is 32.1 Å². The summed E-state index contributed by atoms with van der Waals surface area (Å²) in [6.45, 7) is 4.40. The maximum atomic E-state index is 13.1. The summed E-state index contributed by atoms with van der Waals surface area (Å²) in [5.41, 5.74) is 2.07. The Morgan fingerprint density at radius 3 is 2.68 bits per heavy atom. The zero-order valence-corrected chi connectivity index (χ0v) is 20.2. The van der Waals surface area contributed by atoms with Crippen molar-refractivity contribution in [3.8, 4) is 0 Å². The summed E-state index contributed by atoms with van der Waals surface area (Å²) >= 11 is 0. The number of carbonyl (C=O) groups is 1. The zero-order valence-electron chi connectivity index (χ0n) is 17.9. The van der Waals surface area contributed by atoms with Crippen LogP contribution >= 0.6 is 24.0 Å². The fourth-order valence-corrected chi connectivity index (χ4v) is 4.22. The molecule has 2 fully saturated rings. The molecule has 1 heterocycles. The molecule has 1 saturated carbocycles. The lowest BCUT2D eigenvalue weighted by molar-refractivity contribution is -0.183. The Bertz CT molecular complexity index is 757. The second kappa shape index (κ2) is 11.9. The molecule has 1 aromatic carbocycles. The molecular formula is C22H32F3IN4O. The summed E-state index contributed by atoms with van der Waals surface area (Å²) in [7, 11) is 0. The molecule has 0 radical (unpaired) electrons. The Morgan fingerprint density at radius 2 is 2.00 bits per heavy atom. The van der Waals surface area contributed by atoms with Crippen LogP contribution in [-0.2, 0) is 17.9 Å². The molecule has 5 nitrogen and oxygen atoms in total. The Balaban J connectivity index is 0.00000341. The number of guanidine groups is 1. The number of nitrogens with one attached hydrogen (secondary N) is 2. The third-order valence-electron chi connectivity index (χ3n) is 5.78. The van der Waals surface area contributed by atoms with Crippen molar-refractivity contribution >= 4 is 35.8 Å². The van der Waals surface area contributed by atoms with E-state index in [9.17, 15) is 18.0 Å². The van der Waals surface area contributed by atoms with Gasteiger partial charge in [-0.15, -0.1) is 24.0 Å². The predicted octanol–water partition coefficient (Wildman–Crippen LogP) is 4.60. The highest BCUT2D eigenvalue weighted by atomic mass is 127. The van der Waals surface area contributed by atoms with Crippen molar-refractivity contribution in [2.24, 2.45) is 10.9 Å². The normalized spacial score (nSPS) is 22.3. The number of benzene rings is 1. The summed E-state index contributed by atoms with van der Waals surface area (Å²) in [6, 6.07) is 7.75. The quantitative estimate of drug-likeness (QED) is 0.308. The molecule has 1 aliphatic heterocycles. The van der Waals surface area contributed by atoms with Crippen LogP contribution in [0.25, 0.3) is 0 Å². The zero-order chi connectivity index (χ0) is 21.6. The molecule has 9 heteroatoms. The van der Waals surface area contributed by atoms with E-state index in [1.807, 2.05) is 36.1 Å². The van der Waals surface area contributed by atoms with Gasteiger partial charge in [-0.05, 0) is 43.7 Å². The van der Waals surface area contributed by atoms with Crippen molar-refractivity contribution in [3.05, 3.63) is 35.4 Å². The maximum Gasteiger partial charge on any atom is 0.391 e. The molecule has 0 spiro atoms. The maximum absolute atomic E-state index is 13.1. The van der Waals surface area contributed by atoms with Gasteiger partial charge in [0.05, 0.1) is 12.5 Å². The van der Waals surface area contributed by atoms with Crippen molar-refractivity contribution in [1.82, 2.24) is 15.5 Å². The number of amides is 1. The number of halogens is 4. The summed E-state index contributed by atoms with van der Waals surface area (Å²) in [6.07, 6.45) is -1.01. The number of hydrogen-bond acceptors (Lipinski definition) is 2. The molecule has 3 rings (SSSR count). The molecule has 2 aliphatic rings. The Kier molecular flexibility index (Phi) is 9.90. The molecule has 174 valence electrons. The first-order chi connectivity index (χ1) is 14.3. The first kappa shape index (κ1) is 25.7. The van der Waals surface area contributed by atoms with Crippen LogP contribution in [0.5, 0.6) is 0 Å². The summed E-state index contributed by atoms with van der Waals surface area (Å²) < 4.78 is 39.2. The smallest absolute Gasteiger partial charge is 0.357 e. The molecule has 2 atom stereocenters. The molecule has 1 aliphatic carbocycles. The van der Waals surface area contributed by atoms with Crippen LogP contribution in [0.2, 0.25) is 0 Å². The highest BCUT2D eigenvalue weighted by Gasteiger charge is 2.42. The van der Waals surface area contributed by atoms with Crippen molar-refractivity contribution in [1.29, 1.82) is 0 Å². The standard InChI is InChI=1S/C22H31F3N4O.HI/c1-2-26-21(28-19-9-4-8-18(13-19)22(23,24)25)27-14-16-6-3-7-17(12-16)15-29-11-5-10-20(29)30;/h3,6-7,12,18-19H,2,4-5,8-11,13-15H2,1H3,(H2,26,27,28);1H. The molecule has 0 aromatic heterocycles. The van der Waals surface area contributed by atoms with Crippen molar-refractivity contribution in [3.63, 3.8) is 0 Å². The predicted molar refractivity (Wildman–Crippen MR) is 126 cm³/mol. The summed E-state index contributed by atoms with van der Waals surface area (Å²) in [4.78, 5) is 18.3. The first-order valence-electron chi connectivity index (χ1n) is 10.8. The van der Waals surface area contributed by atoms with Gasteiger partial charge in [0.15, 0.2) is 5.96 Å². The summed E-state index contributed by atoms with van der Waals surface area (Å²) in [5.74, 6) is -0.497. The number of aliphatic imine (C=N–C) groups is 1. The second-order valence-electron chi connectivity index (χ2n) is 8.18. The van der Waals surface area contributed by atoms with Crippen LogP contribution in [0.4, 0.5) is 13.2 Å². The Morgan fingerprint density at radius 1 is 1.23 bits per heavy atom. The first-order valence-corrected chi connectivity index (χ1v) is 10.8. The largest absolute Gasteiger partial charge is 0.391 e. The minimum atomic E-state index is -4.13. The van der Waals surface area contributed by atoms with Crippen LogP contribution in [0.1, 0.15) is 56.6 Å². The van der Waals surface area contributed by atoms with Gasteiger partial charge >= 0.3 is 6.18 Å². The van der Waals surface area contributed by atoms with E-state index in [1.165, 1.54) is 0 Å². The topological polar surface area (TPSA) is 56.7 Å². The molecule has 31 heavy (non-hydrogen) atoms. The molecule has 1 saturated heterocycles. The average molecular weight is 552 g/mol. The van der Waals surface area contributed by atoms with Gasteiger partial charge in [-0.1, -0.05) is 30.7 Å². The number of carbonyl (C=O) groups excluding carboxylic acids is 1. The number of nitrogens with zero attached hydrogens (tertiary/aromatic N) is 2. The lowest BCUT2D eigenvalue weighted by Gasteiger charge is -2.31. The molecular weight excluding hydrogens is 520 g/mol. The van der Waals surface area contributed by atoms with Gasteiger partial charge in [-0.25, -0.2) is 4.99 Å². The lowest BCUT2D eigenvalue weighted by Crippen LogP contribution is -2.46. The third kappa shape index (κ3) is 7.84. The van der Waals surface area contributed by atoms with Gasteiger partial charge in [0.2, 0.25) is 5.91 Å². The molecule has 0 bridgehead atoms. The van der Waals surface area contributed by atoms with E-state index in [0.717, 1.165) is 30.5 Å². The van der Waals surface area contributed by atoms with E-state index in [4.69, 9.17) is 0 Å². The highest BCUT2D eigenvalue weighted by Crippen LogP contribution is 2.37. The second-order valence-corrected chi connectivity index (χ2v) is 8.18. The number of alkyl halides is 3. The number of rotatable bonds is 6. The van der Waals surface area contributed by atoms with Crippen LogP contribution in [0.3, 0.4) is 0 Å². The molecule has 2 unspecified atom stereocenters. The molecule has 1 aromatic rings. The van der Waals surface area contributed by atoms with Crippen LogP contribution in [0.15, 0.2) is 29.3 Å². The van der Waals surface area contributed by atoms with Gasteiger partial charge < -0.3 is 15.5 Å². The Hall–Kier alpha value is -1.52. The van der Waals surface area contributed by atoms with E-state index < -0.39 is 12.1 Å². The fourth-order valence-electron chi connectivity index (χ4n) is 4.22. The fraction of sp³-hybridized carbons (Fsp3) is 0.636. The highest BCUT2D eigenvalue weighted by molar-refractivity contribution is 14.0. The van der Waals surface area contributed by atoms with Crippen molar-refractivity contribution < 1.29 is 18.0 Å². The van der Waals surface area contributed by atoms with E-state index in [1.54, 1.807) is 0 Å². The summed E-state index contributed by atoms with van der Waals surface area (Å²) in [5, 5.41) is 6.33. The average Bonchev–Trinajstić information content (AvgIpc) is 3.11. The SMILES string of the molecule is CCNC(=NCc1cccc(CN2CCCC2=O)c1)NC1CCCC(C(F)(F)F)C1.I. The third-order valence-corrected chi connectivity index (χ3v) is 5.78.